The van der Waals surface area contributed by atoms with E-state index in [1.807, 2.05) is 24.3 Å². The van der Waals surface area contributed by atoms with Gasteiger partial charge in [-0.05, 0) is 49.3 Å². The maximum absolute atomic E-state index is 12.0. The SMILES string of the molecule is O=C(CCCSc1ccc(Cl)cc1)N1CCCC(O)C1. The van der Waals surface area contributed by atoms with Gasteiger partial charge in [0.15, 0.2) is 0 Å². The van der Waals surface area contributed by atoms with Crippen LogP contribution in [0, 0.1) is 0 Å². The first-order valence-electron chi connectivity index (χ1n) is 6.99. The second-order valence-electron chi connectivity index (χ2n) is 5.04. The molecule has 0 aromatic heterocycles. The normalized spacial score (nSPS) is 19.1. The first-order chi connectivity index (χ1) is 9.65. The fraction of sp³-hybridized carbons (Fsp3) is 0.533. The second-order valence-corrected chi connectivity index (χ2v) is 6.65. The van der Waals surface area contributed by atoms with Gasteiger partial charge in [-0.15, -0.1) is 11.8 Å². The first kappa shape index (κ1) is 15.7. The summed E-state index contributed by atoms with van der Waals surface area (Å²) in [5.74, 6) is 1.09. The molecule has 1 atom stereocenters. The molecule has 3 nitrogen and oxygen atoms in total. The lowest BCUT2D eigenvalue weighted by Crippen LogP contribution is -2.42. The summed E-state index contributed by atoms with van der Waals surface area (Å²) in [7, 11) is 0. The highest BCUT2D eigenvalue weighted by molar-refractivity contribution is 7.99. The molecule has 0 saturated carbocycles. The number of aliphatic hydroxyl groups is 1. The zero-order valence-electron chi connectivity index (χ0n) is 11.4. The van der Waals surface area contributed by atoms with Crippen LogP contribution in [0.4, 0.5) is 0 Å². The highest BCUT2D eigenvalue weighted by Crippen LogP contribution is 2.21. The minimum atomic E-state index is -0.337. The number of piperidine rings is 1. The molecule has 1 saturated heterocycles. The quantitative estimate of drug-likeness (QED) is 0.670. The van der Waals surface area contributed by atoms with Crippen molar-refractivity contribution in [2.75, 3.05) is 18.8 Å². The van der Waals surface area contributed by atoms with Crippen LogP contribution >= 0.6 is 23.4 Å². The minimum absolute atomic E-state index is 0.167. The molecular formula is C15H20ClNO2S. The van der Waals surface area contributed by atoms with E-state index in [4.69, 9.17) is 11.6 Å². The maximum Gasteiger partial charge on any atom is 0.222 e. The minimum Gasteiger partial charge on any atom is -0.391 e. The molecule has 1 amide bonds. The third-order valence-electron chi connectivity index (χ3n) is 3.37. The van der Waals surface area contributed by atoms with Gasteiger partial charge in [0.25, 0.3) is 0 Å². The summed E-state index contributed by atoms with van der Waals surface area (Å²) in [6.45, 7) is 1.30. The molecule has 0 radical (unpaired) electrons. The van der Waals surface area contributed by atoms with Crippen molar-refractivity contribution < 1.29 is 9.90 Å². The standard InChI is InChI=1S/C15H20ClNO2S/c16-12-5-7-14(8-6-12)20-10-2-4-15(19)17-9-1-3-13(18)11-17/h5-8,13,18H,1-4,9-11H2. The van der Waals surface area contributed by atoms with Crippen LogP contribution in [-0.2, 0) is 4.79 Å². The molecule has 0 aliphatic carbocycles. The van der Waals surface area contributed by atoms with Gasteiger partial charge >= 0.3 is 0 Å². The Bertz CT molecular complexity index is 438. The average molecular weight is 314 g/mol. The summed E-state index contributed by atoms with van der Waals surface area (Å²) in [5.41, 5.74) is 0. The number of likely N-dealkylation sites (tertiary alicyclic amines) is 1. The highest BCUT2D eigenvalue weighted by atomic mass is 35.5. The van der Waals surface area contributed by atoms with Crippen molar-refractivity contribution in [3.05, 3.63) is 29.3 Å². The number of amides is 1. The number of hydrogen-bond acceptors (Lipinski definition) is 3. The van der Waals surface area contributed by atoms with E-state index in [0.29, 0.717) is 13.0 Å². The summed E-state index contributed by atoms with van der Waals surface area (Å²) in [6.07, 6.45) is 2.81. The molecule has 1 aromatic rings. The van der Waals surface area contributed by atoms with E-state index in [9.17, 15) is 9.90 Å². The van der Waals surface area contributed by atoms with Crippen molar-refractivity contribution >= 4 is 29.3 Å². The Morgan fingerprint density at radius 2 is 2.15 bits per heavy atom. The third-order valence-corrected chi connectivity index (χ3v) is 4.72. The monoisotopic (exact) mass is 313 g/mol. The van der Waals surface area contributed by atoms with Gasteiger partial charge in [-0.3, -0.25) is 4.79 Å². The molecule has 0 spiro atoms. The highest BCUT2D eigenvalue weighted by Gasteiger charge is 2.21. The van der Waals surface area contributed by atoms with Crippen molar-refractivity contribution in [3.63, 3.8) is 0 Å². The number of nitrogens with zero attached hydrogens (tertiary/aromatic N) is 1. The molecule has 5 heteroatoms. The Balaban J connectivity index is 1.65. The lowest BCUT2D eigenvalue weighted by molar-refractivity contribution is -0.134. The number of thioether (sulfide) groups is 1. The van der Waals surface area contributed by atoms with Gasteiger partial charge in [-0.25, -0.2) is 0 Å². The molecule has 1 aliphatic heterocycles. The van der Waals surface area contributed by atoms with E-state index < -0.39 is 0 Å². The smallest absolute Gasteiger partial charge is 0.222 e. The summed E-state index contributed by atoms with van der Waals surface area (Å²) < 4.78 is 0. The zero-order chi connectivity index (χ0) is 14.4. The van der Waals surface area contributed by atoms with Gasteiger partial charge in [0.2, 0.25) is 5.91 Å². The molecule has 110 valence electrons. The number of carbonyl (C=O) groups excluding carboxylic acids is 1. The van der Waals surface area contributed by atoms with Crippen molar-refractivity contribution in [1.29, 1.82) is 0 Å². The van der Waals surface area contributed by atoms with Gasteiger partial charge in [0.1, 0.15) is 0 Å². The molecule has 0 bridgehead atoms. The van der Waals surface area contributed by atoms with Gasteiger partial charge in [0.05, 0.1) is 6.10 Å². The van der Waals surface area contributed by atoms with Crippen molar-refractivity contribution in [2.24, 2.45) is 0 Å². The fourth-order valence-corrected chi connectivity index (χ4v) is 3.26. The van der Waals surface area contributed by atoms with Crippen molar-refractivity contribution in [1.82, 2.24) is 4.90 Å². The van der Waals surface area contributed by atoms with Crippen LogP contribution in [0.5, 0.6) is 0 Å². The fourth-order valence-electron chi connectivity index (χ4n) is 2.28. The summed E-state index contributed by atoms with van der Waals surface area (Å²) in [6, 6.07) is 7.75. The lowest BCUT2D eigenvalue weighted by Gasteiger charge is -2.30. The number of carbonyl (C=O) groups is 1. The first-order valence-corrected chi connectivity index (χ1v) is 8.36. The van der Waals surface area contributed by atoms with Crippen LogP contribution in [0.1, 0.15) is 25.7 Å². The van der Waals surface area contributed by atoms with Crippen LogP contribution < -0.4 is 0 Å². The Kier molecular flexibility index (Phi) is 6.20. The van der Waals surface area contributed by atoms with E-state index in [1.165, 1.54) is 4.90 Å². The molecule has 1 heterocycles. The summed E-state index contributed by atoms with van der Waals surface area (Å²) >= 11 is 7.57. The number of hydrogen-bond donors (Lipinski definition) is 1. The Labute approximate surface area is 129 Å². The van der Waals surface area contributed by atoms with E-state index >= 15 is 0 Å². The van der Waals surface area contributed by atoms with Gasteiger partial charge in [-0.1, -0.05) is 11.6 Å². The molecule has 1 aliphatic rings. The van der Waals surface area contributed by atoms with Crippen molar-refractivity contribution in [3.8, 4) is 0 Å². The molecule has 1 aromatic carbocycles. The Morgan fingerprint density at radius 3 is 2.85 bits per heavy atom. The maximum atomic E-state index is 12.0. The van der Waals surface area contributed by atoms with Gasteiger partial charge < -0.3 is 10.0 Å². The van der Waals surface area contributed by atoms with E-state index in [2.05, 4.69) is 0 Å². The van der Waals surface area contributed by atoms with Gasteiger partial charge in [-0.2, -0.15) is 0 Å². The largest absolute Gasteiger partial charge is 0.391 e. The van der Waals surface area contributed by atoms with Crippen LogP contribution in [-0.4, -0.2) is 40.9 Å². The van der Waals surface area contributed by atoms with E-state index in [1.54, 1.807) is 16.7 Å². The predicted molar refractivity (Wildman–Crippen MR) is 83.2 cm³/mol. The number of rotatable bonds is 5. The zero-order valence-corrected chi connectivity index (χ0v) is 13.0. The molecule has 2 rings (SSSR count). The average Bonchev–Trinajstić information content (AvgIpc) is 2.45. The number of β-amino-alcohol motifs (C(OH)–C–C–N with tert-alkyl or cyclic N) is 1. The predicted octanol–water partition coefficient (Wildman–Crippen LogP) is 3.20. The molecule has 1 fully saturated rings. The molecule has 1 unspecified atom stereocenters. The van der Waals surface area contributed by atoms with Crippen LogP contribution in [0.25, 0.3) is 0 Å². The number of halogens is 1. The third kappa shape index (κ3) is 5.00. The van der Waals surface area contributed by atoms with Crippen LogP contribution in [0.15, 0.2) is 29.2 Å². The van der Waals surface area contributed by atoms with Crippen molar-refractivity contribution in [2.45, 2.75) is 36.7 Å². The van der Waals surface area contributed by atoms with E-state index in [-0.39, 0.29) is 12.0 Å². The Hall–Kier alpha value is -0.710. The molecular weight excluding hydrogens is 294 g/mol. The van der Waals surface area contributed by atoms with Crippen LogP contribution in [0.3, 0.4) is 0 Å². The topological polar surface area (TPSA) is 40.5 Å². The number of aliphatic hydroxyl groups excluding tert-OH is 1. The summed E-state index contributed by atoms with van der Waals surface area (Å²) in [4.78, 5) is 15.0. The molecule has 20 heavy (non-hydrogen) atoms. The lowest BCUT2D eigenvalue weighted by atomic mass is 10.1. The number of benzene rings is 1. The van der Waals surface area contributed by atoms with E-state index in [0.717, 1.165) is 36.6 Å². The van der Waals surface area contributed by atoms with Gasteiger partial charge in [0, 0.05) is 29.4 Å². The Morgan fingerprint density at radius 1 is 1.40 bits per heavy atom. The summed E-state index contributed by atoms with van der Waals surface area (Å²) in [5, 5.41) is 10.3. The van der Waals surface area contributed by atoms with Crippen LogP contribution in [0.2, 0.25) is 5.02 Å². The second kappa shape index (κ2) is 7.91. The molecule has 1 N–H and O–H groups in total.